The average molecular weight is 275 g/mol. The summed E-state index contributed by atoms with van der Waals surface area (Å²) in [6, 6.07) is 0. The van der Waals surface area contributed by atoms with Crippen LogP contribution in [-0.2, 0) is 4.79 Å². The summed E-state index contributed by atoms with van der Waals surface area (Å²) >= 11 is 0. The summed E-state index contributed by atoms with van der Waals surface area (Å²) < 4.78 is 0. The summed E-state index contributed by atoms with van der Waals surface area (Å²) in [5.41, 5.74) is 0. The molecule has 0 aliphatic heterocycles. The normalized spacial score (nSPS) is 9.63. The highest BCUT2D eigenvalue weighted by molar-refractivity contribution is 5.77. The number of carboxylic acid groups (broad SMARTS) is 1. The van der Waals surface area contributed by atoms with Gasteiger partial charge in [-0.1, -0.05) is 57.9 Å². The first-order chi connectivity index (χ1) is 8.68. The lowest BCUT2D eigenvalue weighted by atomic mass is 10.1. The van der Waals surface area contributed by atoms with Gasteiger partial charge in [-0.25, -0.2) is 0 Å². The van der Waals surface area contributed by atoms with Crippen LogP contribution in [0.1, 0.15) is 71.6 Å². The lowest BCUT2D eigenvalue weighted by molar-refractivity contribution is -0.297. The van der Waals surface area contributed by atoms with Gasteiger partial charge in [-0.2, -0.15) is 0 Å². The number of aliphatic hydroxyl groups excluding tert-OH is 1. The zero-order valence-corrected chi connectivity index (χ0v) is 13.0. The highest BCUT2D eigenvalue weighted by Crippen LogP contribution is 2.09. The molecule has 4 heteroatoms. The van der Waals surface area contributed by atoms with Gasteiger partial charge in [0.05, 0.1) is 5.97 Å². The molecule has 0 fully saturated rings. The van der Waals surface area contributed by atoms with E-state index in [-0.39, 0.29) is 12.8 Å². The molecule has 19 heavy (non-hydrogen) atoms. The summed E-state index contributed by atoms with van der Waals surface area (Å²) in [6.45, 7) is 4.16. The molecule has 0 aliphatic rings. The Morgan fingerprint density at radius 3 is 1.84 bits per heavy atom. The molecule has 0 saturated heterocycles. The first-order valence-corrected chi connectivity index (χ1v) is 7.17. The van der Waals surface area contributed by atoms with Gasteiger partial charge in [0.25, 0.3) is 0 Å². The predicted molar refractivity (Wildman–Crippen MR) is 80.1 cm³/mol. The van der Waals surface area contributed by atoms with Crippen molar-refractivity contribution < 1.29 is 15.0 Å². The van der Waals surface area contributed by atoms with E-state index in [0.717, 1.165) is 18.9 Å². The first-order valence-electron chi connectivity index (χ1n) is 7.17. The molecule has 0 unspecified atom stereocenters. The van der Waals surface area contributed by atoms with Crippen molar-refractivity contribution in [1.82, 2.24) is 6.15 Å². The number of aliphatic carboxylic acids is 1. The number of rotatable bonds is 10. The largest absolute Gasteiger partial charge is 0.545 e. The maximum atomic E-state index is 10.0. The molecule has 0 aromatic heterocycles. The van der Waals surface area contributed by atoms with Gasteiger partial charge in [-0.15, -0.1) is 0 Å². The number of allylic oxidation sites excluding steroid dienone is 1. The van der Waals surface area contributed by atoms with E-state index in [4.69, 9.17) is 5.11 Å². The lowest BCUT2D eigenvalue weighted by Gasteiger charge is -1.99. The fourth-order valence-electron chi connectivity index (χ4n) is 1.58. The number of hydrogen-bond donors (Lipinski definition) is 2. The van der Waals surface area contributed by atoms with Crippen LogP contribution in [0.4, 0.5) is 0 Å². The van der Waals surface area contributed by atoms with E-state index in [2.05, 4.69) is 6.92 Å². The molecule has 4 nitrogen and oxygen atoms in total. The zero-order chi connectivity index (χ0) is 14.1. The summed E-state index contributed by atoms with van der Waals surface area (Å²) in [5, 5.41) is 17.6. The summed E-state index contributed by atoms with van der Waals surface area (Å²) in [4.78, 5) is 10.0. The predicted octanol–water partition coefficient (Wildman–Crippen LogP) is 3.20. The minimum absolute atomic E-state index is 0. The number of aliphatic hydroxyl groups is 1. The van der Waals surface area contributed by atoms with Crippen molar-refractivity contribution in [3.05, 3.63) is 12.2 Å². The molecule has 116 valence electrons. The third-order valence-corrected chi connectivity index (χ3v) is 2.48. The van der Waals surface area contributed by atoms with Gasteiger partial charge in [-0.05, 0) is 25.8 Å². The Bertz CT molecular complexity index is 194. The van der Waals surface area contributed by atoms with Gasteiger partial charge < -0.3 is 21.2 Å². The van der Waals surface area contributed by atoms with Gasteiger partial charge in [0, 0.05) is 6.61 Å². The molecule has 0 aromatic carbocycles. The molecule has 5 N–H and O–H groups in total. The quantitative estimate of drug-likeness (QED) is 0.473. The van der Waals surface area contributed by atoms with E-state index in [9.17, 15) is 9.90 Å². The second-order valence-corrected chi connectivity index (χ2v) is 4.30. The molecule has 0 bridgehead atoms. The van der Waals surface area contributed by atoms with Crippen LogP contribution in [0.2, 0.25) is 0 Å². The van der Waals surface area contributed by atoms with Crippen molar-refractivity contribution in [2.45, 2.75) is 71.6 Å². The van der Waals surface area contributed by atoms with Crippen molar-refractivity contribution in [2.24, 2.45) is 0 Å². The standard InChI is InChI=1S/C13H24O2.C2H6O.H3N/c1-2-3-4-5-6-7-8-9-10-11-12-13(14)15;1-2-3;/h11-12H,2-10H2,1H3,(H,14,15);3H,2H2,1H3;1H3. The maximum Gasteiger partial charge on any atom is 0.0639 e. The number of quaternary nitrogens is 1. The summed E-state index contributed by atoms with van der Waals surface area (Å²) in [5.74, 6) is -1.09. The zero-order valence-electron chi connectivity index (χ0n) is 13.0. The van der Waals surface area contributed by atoms with E-state index in [1.54, 1.807) is 13.0 Å². The molecule has 0 spiro atoms. The molecule has 0 atom stereocenters. The van der Waals surface area contributed by atoms with Crippen molar-refractivity contribution in [2.75, 3.05) is 6.61 Å². The molecular weight excluding hydrogens is 242 g/mol. The monoisotopic (exact) mass is 275 g/mol. The fraction of sp³-hybridized carbons (Fsp3) is 0.800. The molecule has 0 aromatic rings. The minimum atomic E-state index is -1.09. The number of carbonyl (C=O) groups excluding carboxylic acids is 1. The van der Waals surface area contributed by atoms with Gasteiger partial charge >= 0.3 is 0 Å². The highest BCUT2D eigenvalue weighted by Gasteiger charge is 1.90. The van der Waals surface area contributed by atoms with Crippen molar-refractivity contribution in [1.29, 1.82) is 0 Å². The van der Waals surface area contributed by atoms with Gasteiger partial charge in [0.15, 0.2) is 0 Å². The molecule has 0 aliphatic carbocycles. The lowest BCUT2D eigenvalue weighted by Crippen LogP contribution is -2.18. The summed E-state index contributed by atoms with van der Waals surface area (Å²) in [6.07, 6.45) is 14.0. The van der Waals surface area contributed by atoms with Crippen molar-refractivity contribution in [3.63, 3.8) is 0 Å². The van der Waals surface area contributed by atoms with Gasteiger partial charge in [-0.3, -0.25) is 0 Å². The Morgan fingerprint density at radius 2 is 1.42 bits per heavy atom. The Morgan fingerprint density at radius 1 is 1.00 bits per heavy atom. The number of carbonyl (C=O) groups is 1. The van der Waals surface area contributed by atoms with Gasteiger partial charge in [0.1, 0.15) is 0 Å². The molecular formula is C15H33NO3. The van der Waals surface area contributed by atoms with Crippen LogP contribution in [0, 0.1) is 0 Å². The smallest absolute Gasteiger partial charge is 0.0639 e. The van der Waals surface area contributed by atoms with Crippen LogP contribution >= 0.6 is 0 Å². The third kappa shape index (κ3) is 31.7. The van der Waals surface area contributed by atoms with E-state index in [1.807, 2.05) is 0 Å². The Kier molecular flexibility index (Phi) is 27.3. The number of carboxylic acids is 1. The van der Waals surface area contributed by atoms with Crippen LogP contribution in [0.3, 0.4) is 0 Å². The molecule has 0 heterocycles. The third-order valence-electron chi connectivity index (χ3n) is 2.48. The molecule has 0 saturated carbocycles. The van der Waals surface area contributed by atoms with Crippen molar-refractivity contribution in [3.8, 4) is 0 Å². The SMILES string of the molecule is CCCCCCCCCCC=CC(=O)[O-].CCO.[NH4+]. The van der Waals surface area contributed by atoms with Gasteiger partial charge in [0.2, 0.25) is 0 Å². The van der Waals surface area contributed by atoms with E-state index >= 15 is 0 Å². The molecule has 0 amide bonds. The van der Waals surface area contributed by atoms with Crippen LogP contribution < -0.4 is 11.3 Å². The van der Waals surface area contributed by atoms with E-state index < -0.39 is 5.97 Å². The van der Waals surface area contributed by atoms with E-state index in [1.165, 1.54) is 44.9 Å². The Hall–Kier alpha value is -0.870. The van der Waals surface area contributed by atoms with Crippen LogP contribution in [-0.4, -0.2) is 17.7 Å². The number of unbranched alkanes of at least 4 members (excludes halogenated alkanes) is 8. The van der Waals surface area contributed by atoms with Crippen LogP contribution in [0.15, 0.2) is 12.2 Å². The summed E-state index contributed by atoms with van der Waals surface area (Å²) in [7, 11) is 0. The fourth-order valence-corrected chi connectivity index (χ4v) is 1.58. The number of hydrogen-bond acceptors (Lipinski definition) is 3. The maximum absolute atomic E-state index is 10.0. The van der Waals surface area contributed by atoms with Crippen LogP contribution in [0.25, 0.3) is 0 Å². The first kappa shape index (κ1) is 23.2. The molecule has 0 rings (SSSR count). The minimum Gasteiger partial charge on any atom is -0.545 e. The van der Waals surface area contributed by atoms with E-state index in [0.29, 0.717) is 0 Å². The second kappa shape index (κ2) is 22.3. The van der Waals surface area contributed by atoms with Crippen LogP contribution in [0.5, 0.6) is 0 Å². The second-order valence-electron chi connectivity index (χ2n) is 4.30. The molecule has 0 radical (unpaired) electrons. The average Bonchev–Trinajstić information content (AvgIpc) is 2.32. The van der Waals surface area contributed by atoms with Crippen molar-refractivity contribution >= 4 is 5.97 Å². The Balaban J connectivity index is -0.000000580. The topological polar surface area (TPSA) is 96.9 Å². The highest BCUT2D eigenvalue weighted by atomic mass is 16.4. The Labute approximate surface area is 118 Å².